The van der Waals surface area contributed by atoms with E-state index in [1.165, 1.54) is 6.07 Å². The summed E-state index contributed by atoms with van der Waals surface area (Å²) in [5.74, 6) is -2.01. The zero-order chi connectivity index (χ0) is 12.1. The first-order valence-electron chi connectivity index (χ1n) is 5.11. The van der Waals surface area contributed by atoms with Crippen molar-refractivity contribution in [2.45, 2.75) is 19.8 Å². The quantitative estimate of drug-likeness (QED) is 0.668. The molecule has 4 nitrogen and oxygen atoms in total. The molecule has 1 aliphatic carbocycles. The molecule has 0 radical (unpaired) electrons. The summed E-state index contributed by atoms with van der Waals surface area (Å²) in [6, 6.07) is 4.64. The third-order valence-electron chi connectivity index (χ3n) is 3.47. The summed E-state index contributed by atoms with van der Waals surface area (Å²) in [7, 11) is 0. The number of hydrogen-bond donors (Lipinski definition) is 3. The molecule has 0 aromatic heterocycles. The Morgan fingerprint density at radius 3 is 2.44 bits per heavy atom. The SMILES string of the molecule is CC1(C)C(C(=O)O)C1c1cccc(O)c1O. The van der Waals surface area contributed by atoms with E-state index in [1.807, 2.05) is 13.8 Å². The fourth-order valence-corrected chi connectivity index (χ4v) is 2.48. The molecule has 1 aromatic carbocycles. The molecule has 1 aromatic rings. The summed E-state index contributed by atoms with van der Waals surface area (Å²) in [4.78, 5) is 11.0. The van der Waals surface area contributed by atoms with E-state index >= 15 is 0 Å². The number of carboxylic acid groups (broad SMARTS) is 1. The van der Waals surface area contributed by atoms with Crippen LogP contribution in [0, 0.1) is 11.3 Å². The van der Waals surface area contributed by atoms with Gasteiger partial charge < -0.3 is 15.3 Å². The molecule has 3 N–H and O–H groups in total. The predicted molar refractivity (Wildman–Crippen MR) is 57.4 cm³/mol. The Balaban J connectivity index is 2.41. The predicted octanol–water partition coefficient (Wildman–Crippen LogP) is 1.92. The van der Waals surface area contributed by atoms with E-state index in [4.69, 9.17) is 5.11 Å². The van der Waals surface area contributed by atoms with Gasteiger partial charge in [0.15, 0.2) is 11.5 Å². The van der Waals surface area contributed by atoms with Crippen molar-refractivity contribution >= 4 is 5.97 Å². The average molecular weight is 222 g/mol. The highest BCUT2D eigenvalue weighted by Gasteiger charge is 2.63. The topological polar surface area (TPSA) is 77.8 Å². The van der Waals surface area contributed by atoms with Gasteiger partial charge in [0.1, 0.15) is 0 Å². The van der Waals surface area contributed by atoms with E-state index in [1.54, 1.807) is 12.1 Å². The van der Waals surface area contributed by atoms with Crippen molar-refractivity contribution in [2.24, 2.45) is 11.3 Å². The lowest BCUT2D eigenvalue weighted by Crippen LogP contribution is -2.03. The third kappa shape index (κ3) is 1.33. The second-order valence-electron chi connectivity index (χ2n) is 4.83. The number of benzene rings is 1. The molecule has 0 heterocycles. The minimum atomic E-state index is -0.863. The first-order chi connectivity index (χ1) is 7.37. The molecule has 4 heteroatoms. The van der Waals surface area contributed by atoms with Crippen LogP contribution in [0.5, 0.6) is 11.5 Å². The van der Waals surface area contributed by atoms with Gasteiger partial charge in [-0.1, -0.05) is 26.0 Å². The Kier molecular flexibility index (Phi) is 2.12. The fourth-order valence-electron chi connectivity index (χ4n) is 2.48. The van der Waals surface area contributed by atoms with E-state index in [2.05, 4.69) is 0 Å². The monoisotopic (exact) mass is 222 g/mol. The normalized spacial score (nSPS) is 26.4. The Hall–Kier alpha value is -1.71. The van der Waals surface area contributed by atoms with Crippen molar-refractivity contribution in [1.82, 2.24) is 0 Å². The lowest BCUT2D eigenvalue weighted by Gasteiger charge is -2.06. The first kappa shape index (κ1) is 10.8. The minimum Gasteiger partial charge on any atom is -0.504 e. The molecule has 16 heavy (non-hydrogen) atoms. The van der Waals surface area contributed by atoms with Crippen LogP contribution < -0.4 is 0 Å². The van der Waals surface area contributed by atoms with Crippen LogP contribution >= 0.6 is 0 Å². The van der Waals surface area contributed by atoms with Crippen LogP contribution in [0.1, 0.15) is 25.3 Å². The maximum absolute atomic E-state index is 11.0. The standard InChI is InChI=1S/C12H14O4/c1-12(2)8(9(12)11(15)16)6-4-3-5-7(13)10(6)14/h3-5,8-9,13-14H,1-2H3,(H,15,16). The highest BCUT2D eigenvalue weighted by atomic mass is 16.4. The van der Waals surface area contributed by atoms with Gasteiger partial charge in [0.2, 0.25) is 0 Å². The first-order valence-corrected chi connectivity index (χ1v) is 5.11. The molecule has 2 rings (SSSR count). The van der Waals surface area contributed by atoms with Crippen molar-refractivity contribution in [3.8, 4) is 11.5 Å². The number of hydrogen-bond acceptors (Lipinski definition) is 3. The summed E-state index contributed by atoms with van der Waals surface area (Å²) in [5, 5.41) is 28.1. The van der Waals surface area contributed by atoms with Crippen LogP contribution in [0.15, 0.2) is 18.2 Å². The van der Waals surface area contributed by atoms with E-state index in [9.17, 15) is 15.0 Å². The summed E-state index contributed by atoms with van der Waals surface area (Å²) in [6.07, 6.45) is 0. The van der Waals surface area contributed by atoms with E-state index in [0.717, 1.165) is 0 Å². The molecule has 0 aliphatic heterocycles. The number of carboxylic acids is 1. The van der Waals surface area contributed by atoms with Gasteiger partial charge in [-0.3, -0.25) is 4.79 Å². The van der Waals surface area contributed by atoms with Crippen molar-refractivity contribution in [2.75, 3.05) is 0 Å². The van der Waals surface area contributed by atoms with Crippen molar-refractivity contribution in [3.05, 3.63) is 23.8 Å². The molecule has 0 bridgehead atoms. The molecule has 0 amide bonds. The van der Waals surface area contributed by atoms with E-state index in [-0.39, 0.29) is 22.8 Å². The zero-order valence-corrected chi connectivity index (χ0v) is 9.14. The number of phenols is 2. The van der Waals surface area contributed by atoms with Gasteiger partial charge in [-0.15, -0.1) is 0 Å². The second kappa shape index (κ2) is 3.14. The highest BCUT2D eigenvalue weighted by Crippen LogP contribution is 2.66. The maximum atomic E-state index is 11.0. The second-order valence-corrected chi connectivity index (χ2v) is 4.83. The van der Waals surface area contributed by atoms with Gasteiger partial charge in [0.25, 0.3) is 0 Å². The number of aliphatic carboxylic acids is 1. The maximum Gasteiger partial charge on any atom is 0.307 e. The van der Waals surface area contributed by atoms with Crippen LogP contribution in [0.2, 0.25) is 0 Å². The third-order valence-corrected chi connectivity index (χ3v) is 3.47. The number of para-hydroxylation sites is 1. The van der Waals surface area contributed by atoms with Gasteiger partial charge >= 0.3 is 5.97 Å². The molecule has 1 aliphatic rings. The van der Waals surface area contributed by atoms with E-state index in [0.29, 0.717) is 5.56 Å². The van der Waals surface area contributed by atoms with Gasteiger partial charge in [-0.2, -0.15) is 0 Å². The Morgan fingerprint density at radius 1 is 1.31 bits per heavy atom. The molecular formula is C12H14O4. The lowest BCUT2D eigenvalue weighted by atomic mass is 10.0. The van der Waals surface area contributed by atoms with Crippen molar-refractivity contribution in [1.29, 1.82) is 0 Å². The summed E-state index contributed by atoms with van der Waals surface area (Å²) in [5.41, 5.74) is 0.134. The fraction of sp³-hybridized carbons (Fsp3) is 0.417. The molecule has 86 valence electrons. The van der Waals surface area contributed by atoms with Crippen molar-refractivity contribution < 1.29 is 20.1 Å². The average Bonchev–Trinajstić information content (AvgIpc) is 2.74. The summed E-state index contributed by atoms with van der Waals surface area (Å²) in [6.45, 7) is 3.69. The lowest BCUT2D eigenvalue weighted by molar-refractivity contribution is -0.139. The van der Waals surface area contributed by atoms with Gasteiger partial charge in [0, 0.05) is 11.5 Å². The number of carbonyl (C=O) groups is 1. The molecule has 2 unspecified atom stereocenters. The molecule has 1 saturated carbocycles. The smallest absolute Gasteiger partial charge is 0.307 e. The molecule has 0 saturated heterocycles. The molecule has 0 spiro atoms. The van der Waals surface area contributed by atoms with Crippen LogP contribution in [-0.4, -0.2) is 21.3 Å². The molecule has 1 fully saturated rings. The minimum absolute atomic E-state index is 0.204. The van der Waals surface area contributed by atoms with E-state index < -0.39 is 11.9 Å². The largest absolute Gasteiger partial charge is 0.504 e. The van der Waals surface area contributed by atoms with Crippen LogP contribution in [-0.2, 0) is 4.79 Å². The number of rotatable bonds is 2. The Labute approximate surface area is 93.2 Å². The van der Waals surface area contributed by atoms with Crippen LogP contribution in [0.4, 0.5) is 0 Å². The van der Waals surface area contributed by atoms with Crippen molar-refractivity contribution in [3.63, 3.8) is 0 Å². The summed E-state index contributed by atoms with van der Waals surface area (Å²) >= 11 is 0. The Morgan fingerprint density at radius 2 is 1.94 bits per heavy atom. The van der Waals surface area contributed by atoms with Gasteiger partial charge in [0.05, 0.1) is 5.92 Å². The number of aromatic hydroxyl groups is 2. The van der Waals surface area contributed by atoms with Gasteiger partial charge in [-0.05, 0) is 11.5 Å². The van der Waals surface area contributed by atoms with Crippen LogP contribution in [0.25, 0.3) is 0 Å². The Bertz CT molecular complexity index is 450. The summed E-state index contributed by atoms with van der Waals surface area (Å²) < 4.78 is 0. The van der Waals surface area contributed by atoms with Crippen LogP contribution in [0.3, 0.4) is 0 Å². The molecule has 2 atom stereocenters. The highest BCUT2D eigenvalue weighted by molar-refractivity contribution is 5.78. The zero-order valence-electron chi connectivity index (χ0n) is 9.14. The number of phenolic OH excluding ortho intramolecular Hbond substituents is 2. The van der Waals surface area contributed by atoms with Gasteiger partial charge in [-0.25, -0.2) is 0 Å². The molecular weight excluding hydrogens is 208 g/mol.